The first-order chi connectivity index (χ1) is 5.18. The fraction of sp³-hybridized carbons (Fsp3) is 0.200. The third kappa shape index (κ3) is 4.91. The molecule has 0 saturated heterocycles. The highest BCUT2D eigenvalue weighted by atomic mass is 16.6. The maximum absolute atomic E-state index is 10.0. The zero-order valence-corrected chi connectivity index (χ0v) is 5.56. The standard InChI is InChI=1S/C5H8N2O4/c6-4(5(9)10)1-2-11-7-3-8/h1-4H,6H2,(H,7,8)(H,9,10)/b2-1+. The van der Waals surface area contributed by atoms with Gasteiger partial charge in [-0.3, -0.25) is 9.59 Å². The van der Waals surface area contributed by atoms with Gasteiger partial charge in [0, 0.05) is 0 Å². The highest BCUT2D eigenvalue weighted by Gasteiger charge is 2.05. The van der Waals surface area contributed by atoms with Crippen LogP contribution in [-0.2, 0) is 14.4 Å². The summed E-state index contributed by atoms with van der Waals surface area (Å²) < 4.78 is 0. The summed E-state index contributed by atoms with van der Waals surface area (Å²) in [7, 11) is 0. The minimum absolute atomic E-state index is 0.302. The molecule has 0 fully saturated rings. The van der Waals surface area contributed by atoms with Crippen LogP contribution < -0.4 is 11.2 Å². The molecule has 6 nitrogen and oxygen atoms in total. The summed E-state index contributed by atoms with van der Waals surface area (Å²) in [5.41, 5.74) is 6.84. The second kappa shape index (κ2) is 5.24. The number of carbonyl (C=O) groups excluding carboxylic acids is 1. The lowest BCUT2D eigenvalue weighted by molar-refractivity contribution is -0.137. The van der Waals surface area contributed by atoms with Crippen molar-refractivity contribution in [1.82, 2.24) is 5.48 Å². The summed E-state index contributed by atoms with van der Waals surface area (Å²) in [5, 5.41) is 8.22. The number of rotatable bonds is 5. The minimum Gasteiger partial charge on any atom is -0.480 e. The van der Waals surface area contributed by atoms with E-state index in [4.69, 9.17) is 10.8 Å². The highest BCUT2D eigenvalue weighted by molar-refractivity contribution is 5.75. The first-order valence-corrected chi connectivity index (χ1v) is 2.68. The molecule has 0 aromatic heterocycles. The molecule has 0 radical (unpaired) electrons. The molecule has 0 aromatic carbocycles. The van der Waals surface area contributed by atoms with Crippen LogP contribution in [0.3, 0.4) is 0 Å². The van der Waals surface area contributed by atoms with Crippen molar-refractivity contribution >= 4 is 12.4 Å². The van der Waals surface area contributed by atoms with E-state index in [9.17, 15) is 9.59 Å². The van der Waals surface area contributed by atoms with Gasteiger partial charge < -0.3 is 15.7 Å². The molecule has 4 N–H and O–H groups in total. The number of carboxylic acids is 1. The number of carbonyl (C=O) groups is 2. The number of nitrogens with one attached hydrogen (secondary N) is 1. The fourth-order valence-corrected chi connectivity index (χ4v) is 0.273. The Balaban J connectivity index is 3.56. The number of hydrogen-bond acceptors (Lipinski definition) is 4. The Bertz CT molecular complexity index is 168. The number of aliphatic carboxylic acids is 1. The lowest BCUT2D eigenvalue weighted by atomic mass is 10.3. The van der Waals surface area contributed by atoms with Crippen molar-refractivity contribution in [3.8, 4) is 0 Å². The van der Waals surface area contributed by atoms with Crippen molar-refractivity contribution < 1.29 is 19.5 Å². The highest BCUT2D eigenvalue weighted by Crippen LogP contribution is 1.81. The third-order valence-electron chi connectivity index (χ3n) is 0.755. The van der Waals surface area contributed by atoms with E-state index in [-0.39, 0.29) is 0 Å². The van der Waals surface area contributed by atoms with E-state index in [1.165, 1.54) is 0 Å². The zero-order valence-electron chi connectivity index (χ0n) is 5.56. The van der Waals surface area contributed by atoms with Gasteiger partial charge in [0.1, 0.15) is 12.3 Å². The average Bonchev–Trinajstić information content (AvgIpc) is 1.97. The topological polar surface area (TPSA) is 102 Å². The number of hydroxylamine groups is 1. The Morgan fingerprint density at radius 1 is 1.73 bits per heavy atom. The van der Waals surface area contributed by atoms with E-state index in [1.807, 2.05) is 5.48 Å². The maximum atomic E-state index is 10.0. The first-order valence-electron chi connectivity index (χ1n) is 2.68. The maximum Gasteiger partial charge on any atom is 0.324 e. The lowest BCUT2D eigenvalue weighted by Gasteiger charge is -1.97. The summed E-state index contributed by atoms with van der Waals surface area (Å²) in [6.07, 6.45) is 2.36. The van der Waals surface area contributed by atoms with Gasteiger partial charge in [0.15, 0.2) is 0 Å². The Hall–Kier alpha value is -1.56. The second-order valence-corrected chi connectivity index (χ2v) is 1.55. The monoisotopic (exact) mass is 160 g/mol. The van der Waals surface area contributed by atoms with Crippen molar-refractivity contribution in [2.24, 2.45) is 5.73 Å². The average molecular weight is 160 g/mol. The lowest BCUT2D eigenvalue weighted by Crippen LogP contribution is -2.27. The predicted molar refractivity (Wildman–Crippen MR) is 35.0 cm³/mol. The molecule has 0 saturated carbocycles. The fourth-order valence-electron chi connectivity index (χ4n) is 0.273. The molecule has 0 heterocycles. The smallest absolute Gasteiger partial charge is 0.324 e. The largest absolute Gasteiger partial charge is 0.480 e. The van der Waals surface area contributed by atoms with Gasteiger partial charge in [0.05, 0.1) is 0 Å². The molecule has 0 aliphatic rings. The van der Waals surface area contributed by atoms with Crippen LogP contribution in [0.15, 0.2) is 12.3 Å². The number of amides is 1. The van der Waals surface area contributed by atoms with Crippen molar-refractivity contribution in [2.75, 3.05) is 0 Å². The van der Waals surface area contributed by atoms with Crippen molar-refractivity contribution in [1.29, 1.82) is 0 Å². The van der Waals surface area contributed by atoms with Crippen LogP contribution in [0.1, 0.15) is 0 Å². The van der Waals surface area contributed by atoms with Crippen LogP contribution in [-0.4, -0.2) is 23.5 Å². The van der Waals surface area contributed by atoms with E-state index in [0.29, 0.717) is 6.41 Å². The van der Waals surface area contributed by atoms with Crippen LogP contribution in [0.2, 0.25) is 0 Å². The molecule has 1 unspecified atom stereocenters. The normalized spacial score (nSPS) is 12.5. The Morgan fingerprint density at radius 3 is 2.82 bits per heavy atom. The second-order valence-electron chi connectivity index (χ2n) is 1.55. The van der Waals surface area contributed by atoms with Gasteiger partial charge in [0.2, 0.25) is 6.41 Å². The number of carboxylic acid groups (broad SMARTS) is 1. The molecule has 0 aromatic rings. The van der Waals surface area contributed by atoms with Crippen LogP contribution in [0.25, 0.3) is 0 Å². The molecule has 0 aliphatic carbocycles. The molecule has 6 heteroatoms. The molecule has 0 rings (SSSR count). The van der Waals surface area contributed by atoms with Gasteiger partial charge in [-0.1, -0.05) is 0 Å². The van der Waals surface area contributed by atoms with E-state index in [0.717, 1.165) is 12.3 Å². The summed E-state index contributed by atoms with van der Waals surface area (Å²) >= 11 is 0. The van der Waals surface area contributed by atoms with E-state index < -0.39 is 12.0 Å². The minimum atomic E-state index is -1.17. The Labute approximate surface area is 62.6 Å². The summed E-state index contributed by atoms with van der Waals surface area (Å²) in [4.78, 5) is 23.9. The Morgan fingerprint density at radius 2 is 2.36 bits per heavy atom. The summed E-state index contributed by atoms with van der Waals surface area (Å²) in [5.74, 6) is -1.17. The Kier molecular flexibility index (Phi) is 4.50. The van der Waals surface area contributed by atoms with Gasteiger partial charge >= 0.3 is 5.97 Å². The quantitative estimate of drug-likeness (QED) is 0.198. The molecule has 11 heavy (non-hydrogen) atoms. The van der Waals surface area contributed by atoms with Gasteiger partial charge in [0.25, 0.3) is 0 Å². The molecule has 0 bridgehead atoms. The SMILES string of the molecule is NC(/C=C/ONC=O)C(=O)O. The van der Waals surface area contributed by atoms with E-state index >= 15 is 0 Å². The molecule has 62 valence electrons. The molecule has 0 aliphatic heterocycles. The number of hydrogen-bond donors (Lipinski definition) is 3. The molecule has 1 atom stereocenters. The van der Waals surface area contributed by atoms with E-state index in [1.54, 1.807) is 0 Å². The molecular weight excluding hydrogens is 152 g/mol. The van der Waals surface area contributed by atoms with Crippen molar-refractivity contribution in [2.45, 2.75) is 6.04 Å². The van der Waals surface area contributed by atoms with Crippen LogP contribution >= 0.6 is 0 Å². The predicted octanol–water partition coefficient (Wildman–Crippen LogP) is -1.41. The van der Waals surface area contributed by atoms with Gasteiger partial charge in [-0.15, -0.1) is 0 Å². The molecule has 1 amide bonds. The zero-order chi connectivity index (χ0) is 8.69. The van der Waals surface area contributed by atoms with Gasteiger partial charge in [-0.05, 0) is 6.08 Å². The first kappa shape index (κ1) is 9.44. The van der Waals surface area contributed by atoms with Gasteiger partial charge in [-0.2, -0.15) is 5.48 Å². The summed E-state index contributed by atoms with van der Waals surface area (Å²) in [6.45, 7) is 0. The van der Waals surface area contributed by atoms with E-state index in [2.05, 4.69) is 4.84 Å². The van der Waals surface area contributed by atoms with Crippen LogP contribution in [0.5, 0.6) is 0 Å². The van der Waals surface area contributed by atoms with Crippen molar-refractivity contribution in [3.63, 3.8) is 0 Å². The molecular formula is C5H8N2O4. The molecule has 0 spiro atoms. The third-order valence-corrected chi connectivity index (χ3v) is 0.755. The van der Waals surface area contributed by atoms with Crippen LogP contribution in [0.4, 0.5) is 0 Å². The van der Waals surface area contributed by atoms with Gasteiger partial charge in [-0.25, -0.2) is 0 Å². The van der Waals surface area contributed by atoms with Crippen LogP contribution in [0, 0.1) is 0 Å². The van der Waals surface area contributed by atoms with Crippen molar-refractivity contribution in [3.05, 3.63) is 12.3 Å². The summed E-state index contributed by atoms with van der Waals surface area (Å²) in [6, 6.07) is -1.12. The number of nitrogens with two attached hydrogens (primary N) is 1.